The van der Waals surface area contributed by atoms with E-state index in [0.717, 1.165) is 12.1 Å². The molecule has 146 valence electrons. The highest BCUT2D eigenvalue weighted by Crippen LogP contribution is 2.33. The number of halogens is 4. The first-order valence-corrected chi connectivity index (χ1v) is 7.46. The average Bonchev–Trinajstić information content (AvgIpc) is 2.44. The molecule has 0 saturated heterocycles. The molecule has 0 aliphatic carbocycles. The SMILES string of the molecule is CC(C)(C)OC(=O)NC(COCc1c(F)cccc1C(F)(F)F)C(=O)O. The Hall–Kier alpha value is -2.36. The van der Waals surface area contributed by atoms with Crippen LogP contribution in [0, 0.1) is 5.82 Å². The summed E-state index contributed by atoms with van der Waals surface area (Å²) >= 11 is 0. The van der Waals surface area contributed by atoms with E-state index in [2.05, 4.69) is 0 Å². The first-order chi connectivity index (χ1) is 11.8. The number of amides is 1. The number of alkyl halides is 3. The van der Waals surface area contributed by atoms with Crippen LogP contribution in [0.2, 0.25) is 0 Å². The molecule has 0 heterocycles. The van der Waals surface area contributed by atoms with Gasteiger partial charge in [-0.15, -0.1) is 0 Å². The van der Waals surface area contributed by atoms with Crippen molar-refractivity contribution in [2.24, 2.45) is 0 Å². The van der Waals surface area contributed by atoms with E-state index in [-0.39, 0.29) is 0 Å². The molecule has 0 fully saturated rings. The summed E-state index contributed by atoms with van der Waals surface area (Å²) in [4.78, 5) is 22.7. The Morgan fingerprint density at radius 1 is 1.23 bits per heavy atom. The molecule has 1 aromatic rings. The molecule has 0 bridgehead atoms. The molecule has 0 aromatic heterocycles. The van der Waals surface area contributed by atoms with Crippen molar-refractivity contribution < 1.29 is 41.7 Å². The van der Waals surface area contributed by atoms with Crippen LogP contribution in [0.15, 0.2) is 18.2 Å². The third kappa shape index (κ3) is 6.87. The number of benzene rings is 1. The number of rotatable bonds is 6. The summed E-state index contributed by atoms with van der Waals surface area (Å²) in [6.45, 7) is 3.20. The van der Waals surface area contributed by atoms with Crippen LogP contribution in [0.4, 0.5) is 22.4 Å². The van der Waals surface area contributed by atoms with Crippen LogP contribution in [0.5, 0.6) is 0 Å². The summed E-state index contributed by atoms with van der Waals surface area (Å²) in [6, 6.07) is 0.855. The zero-order valence-corrected chi connectivity index (χ0v) is 14.3. The molecule has 1 rings (SSSR count). The minimum absolute atomic E-state index is 0.680. The summed E-state index contributed by atoms with van der Waals surface area (Å²) in [5.74, 6) is -2.62. The van der Waals surface area contributed by atoms with Crippen LogP contribution < -0.4 is 5.32 Å². The van der Waals surface area contributed by atoms with E-state index in [1.807, 2.05) is 5.32 Å². The molecular weight excluding hydrogens is 362 g/mol. The van der Waals surface area contributed by atoms with Crippen molar-refractivity contribution in [2.45, 2.75) is 45.2 Å². The van der Waals surface area contributed by atoms with E-state index in [0.29, 0.717) is 6.07 Å². The van der Waals surface area contributed by atoms with Crippen molar-refractivity contribution in [3.05, 3.63) is 35.1 Å². The van der Waals surface area contributed by atoms with Gasteiger partial charge >= 0.3 is 18.2 Å². The Labute approximate surface area is 147 Å². The second kappa shape index (κ2) is 8.35. The number of hydrogen-bond acceptors (Lipinski definition) is 4. The fourth-order valence-electron chi connectivity index (χ4n) is 1.87. The van der Waals surface area contributed by atoms with Gasteiger partial charge in [0.2, 0.25) is 0 Å². The molecular formula is C16H19F4NO5. The van der Waals surface area contributed by atoms with E-state index in [1.54, 1.807) is 20.8 Å². The molecule has 0 saturated carbocycles. The van der Waals surface area contributed by atoms with E-state index in [9.17, 15) is 27.2 Å². The van der Waals surface area contributed by atoms with Crippen LogP contribution >= 0.6 is 0 Å². The lowest BCUT2D eigenvalue weighted by Gasteiger charge is -2.22. The van der Waals surface area contributed by atoms with Gasteiger partial charge in [-0.1, -0.05) is 6.07 Å². The first-order valence-electron chi connectivity index (χ1n) is 7.46. The van der Waals surface area contributed by atoms with Gasteiger partial charge < -0.3 is 19.9 Å². The molecule has 1 unspecified atom stereocenters. The van der Waals surface area contributed by atoms with Gasteiger partial charge in [0.05, 0.1) is 18.8 Å². The minimum Gasteiger partial charge on any atom is -0.480 e. The number of carboxylic acid groups (broad SMARTS) is 1. The molecule has 2 N–H and O–H groups in total. The molecule has 1 atom stereocenters. The molecule has 6 nitrogen and oxygen atoms in total. The maximum Gasteiger partial charge on any atom is 0.416 e. The number of carbonyl (C=O) groups is 2. The number of hydrogen-bond donors (Lipinski definition) is 2. The Morgan fingerprint density at radius 3 is 2.35 bits per heavy atom. The fourth-order valence-corrected chi connectivity index (χ4v) is 1.87. The van der Waals surface area contributed by atoms with Gasteiger partial charge in [0, 0.05) is 5.56 Å². The van der Waals surface area contributed by atoms with Gasteiger partial charge in [-0.05, 0) is 32.9 Å². The summed E-state index contributed by atoms with van der Waals surface area (Å²) in [6.07, 6.45) is -5.82. The Bertz CT molecular complexity index is 655. The fraction of sp³-hybridized carbons (Fsp3) is 0.500. The summed E-state index contributed by atoms with van der Waals surface area (Å²) in [7, 11) is 0. The lowest BCUT2D eigenvalue weighted by atomic mass is 10.1. The van der Waals surface area contributed by atoms with Crippen molar-refractivity contribution in [1.29, 1.82) is 0 Å². The highest BCUT2D eigenvalue weighted by molar-refractivity contribution is 5.80. The lowest BCUT2D eigenvalue weighted by Crippen LogP contribution is -2.46. The van der Waals surface area contributed by atoms with E-state index < -0.39 is 60.0 Å². The van der Waals surface area contributed by atoms with Crippen LogP contribution in [-0.4, -0.2) is 35.4 Å². The zero-order chi connectivity index (χ0) is 20.1. The Morgan fingerprint density at radius 2 is 1.85 bits per heavy atom. The van der Waals surface area contributed by atoms with E-state index >= 15 is 0 Å². The van der Waals surface area contributed by atoms with Crippen LogP contribution in [-0.2, 0) is 27.1 Å². The van der Waals surface area contributed by atoms with Gasteiger partial charge in [-0.2, -0.15) is 13.2 Å². The summed E-state index contributed by atoms with van der Waals surface area (Å²) in [5.41, 5.74) is -2.84. The highest BCUT2D eigenvalue weighted by Gasteiger charge is 2.34. The average molecular weight is 381 g/mol. The lowest BCUT2D eigenvalue weighted by molar-refractivity contribution is -0.142. The number of alkyl carbamates (subject to hydrolysis) is 1. The predicted molar refractivity (Wildman–Crippen MR) is 81.9 cm³/mol. The highest BCUT2D eigenvalue weighted by atomic mass is 19.4. The normalized spacial score (nSPS) is 13.2. The monoisotopic (exact) mass is 381 g/mol. The molecule has 0 aliphatic rings. The molecule has 1 aromatic carbocycles. The molecule has 0 spiro atoms. The minimum atomic E-state index is -4.79. The first kappa shape index (κ1) is 21.7. The zero-order valence-electron chi connectivity index (χ0n) is 14.3. The van der Waals surface area contributed by atoms with Gasteiger partial charge in [0.1, 0.15) is 11.4 Å². The van der Waals surface area contributed by atoms with Gasteiger partial charge in [0.25, 0.3) is 0 Å². The predicted octanol–water partition coefficient (Wildman–Crippen LogP) is 3.34. The Kier molecular flexibility index (Phi) is 6.96. The molecule has 26 heavy (non-hydrogen) atoms. The summed E-state index contributed by atoms with van der Waals surface area (Å²) < 4.78 is 62.1. The van der Waals surface area contributed by atoms with Crippen LogP contribution in [0.25, 0.3) is 0 Å². The van der Waals surface area contributed by atoms with Crippen LogP contribution in [0.3, 0.4) is 0 Å². The van der Waals surface area contributed by atoms with Crippen molar-refractivity contribution in [3.63, 3.8) is 0 Å². The number of carboxylic acids is 1. The second-order valence-corrected chi connectivity index (χ2v) is 6.32. The number of ether oxygens (including phenoxy) is 2. The Balaban J connectivity index is 2.75. The molecule has 1 amide bonds. The van der Waals surface area contributed by atoms with Crippen molar-refractivity contribution >= 4 is 12.1 Å². The van der Waals surface area contributed by atoms with E-state index in [1.165, 1.54) is 0 Å². The standard InChI is InChI=1S/C16H19F4NO5/c1-15(2,3)26-14(24)21-12(13(22)23)8-25-7-9-10(16(18,19)20)5-4-6-11(9)17/h4-6,12H,7-8H2,1-3H3,(H,21,24)(H,22,23). The number of nitrogens with one attached hydrogen (secondary N) is 1. The largest absolute Gasteiger partial charge is 0.480 e. The van der Waals surface area contributed by atoms with Gasteiger partial charge in [-0.25, -0.2) is 14.0 Å². The smallest absolute Gasteiger partial charge is 0.416 e. The quantitative estimate of drug-likeness (QED) is 0.739. The summed E-state index contributed by atoms with van der Waals surface area (Å²) in [5, 5.41) is 11.1. The van der Waals surface area contributed by atoms with Crippen molar-refractivity contribution in [1.82, 2.24) is 5.32 Å². The second-order valence-electron chi connectivity index (χ2n) is 6.32. The topological polar surface area (TPSA) is 84.9 Å². The molecule has 0 aliphatic heterocycles. The van der Waals surface area contributed by atoms with E-state index in [4.69, 9.17) is 14.6 Å². The van der Waals surface area contributed by atoms with Gasteiger partial charge in [-0.3, -0.25) is 0 Å². The maximum atomic E-state index is 13.7. The molecule has 0 radical (unpaired) electrons. The van der Waals surface area contributed by atoms with Crippen LogP contribution in [0.1, 0.15) is 31.9 Å². The third-order valence-corrected chi connectivity index (χ3v) is 2.94. The van der Waals surface area contributed by atoms with Crippen molar-refractivity contribution in [2.75, 3.05) is 6.61 Å². The number of aliphatic carboxylic acids is 1. The number of carbonyl (C=O) groups excluding carboxylic acids is 1. The van der Waals surface area contributed by atoms with Gasteiger partial charge in [0.15, 0.2) is 6.04 Å². The maximum absolute atomic E-state index is 13.7. The third-order valence-electron chi connectivity index (χ3n) is 2.94. The van der Waals surface area contributed by atoms with Crippen molar-refractivity contribution in [3.8, 4) is 0 Å². The molecule has 10 heteroatoms.